The molecule has 162 valence electrons. The zero-order valence-electron chi connectivity index (χ0n) is 19.6. The summed E-state index contributed by atoms with van der Waals surface area (Å²) in [4.78, 5) is 0. The van der Waals surface area contributed by atoms with Crippen LogP contribution in [0.25, 0.3) is 0 Å². The molecule has 0 N–H and O–H groups in total. The zero-order chi connectivity index (χ0) is 21.2. The second kappa shape index (κ2) is 11.9. The van der Waals surface area contributed by atoms with Gasteiger partial charge in [-0.25, -0.2) is 0 Å². The van der Waals surface area contributed by atoms with Crippen molar-refractivity contribution >= 4 is 0 Å². The highest BCUT2D eigenvalue weighted by molar-refractivity contribution is 5.24. The summed E-state index contributed by atoms with van der Waals surface area (Å²) in [5, 5.41) is 0. The minimum absolute atomic E-state index is 0.181. The van der Waals surface area contributed by atoms with Crippen LogP contribution in [-0.4, -0.2) is 30.5 Å². The number of hydrogen-bond donors (Lipinski definition) is 0. The zero-order valence-corrected chi connectivity index (χ0v) is 19.6. The van der Waals surface area contributed by atoms with E-state index in [1.54, 1.807) is 0 Å². The summed E-state index contributed by atoms with van der Waals surface area (Å²) in [6.07, 6.45) is 4.82. The van der Waals surface area contributed by atoms with E-state index in [0.717, 1.165) is 19.4 Å². The van der Waals surface area contributed by atoms with E-state index in [4.69, 9.17) is 14.2 Å². The largest absolute Gasteiger partial charge is 0.375 e. The lowest BCUT2D eigenvalue weighted by atomic mass is 9.94. The third-order valence-electron chi connectivity index (χ3n) is 5.54. The molecule has 2 rings (SSSR count). The number of benzene rings is 1. The molecule has 1 aromatic rings. The molecule has 0 saturated carbocycles. The minimum atomic E-state index is -0.332. The third-order valence-corrected chi connectivity index (χ3v) is 5.54. The van der Waals surface area contributed by atoms with Gasteiger partial charge in [0, 0.05) is 6.61 Å². The third kappa shape index (κ3) is 8.23. The maximum absolute atomic E-state index is 6.24. The van der Waals surface area contributed by atoms with Crippen LogP contribution in [0.3, 0.4) is 0 Å². The molecule has 1 aromatic carbocycles. The van der Waals surface area contributed by atoms with Crippen molar-refractivity contribution in [2.45, 2.75) is 111 Å². The monoisotopic (exact) mass is 392 g/mol. The van der Waals surface area contributed by atoms with Crippen LogP contribution >= 0.6 is 0 Å². The molecule has 1 fully saturated rings. The molecule has 0 aromatic heterocycles. The lowest BCUT2D eigenvalue weighted by molar-refractivity contribution is -0.178. The Kier molecular flexibility index (Phi) is 10.7. The molecule has 0 spiro atoms. The van der Waals surface area contributed by atoms with Crippen molar-refractivity contribution in [3.8, 4) is 0 Å². The lowest BCUT2D eigenvalue weighted by Gasteiger charge is -2.39. The Labute approximate surface area is 174 Å². The van der Waals surface area contributed by atoms with E-state index in [2.05, 4.69) is 65.8 Å². The van der Waals surface area contributed by atoms with Crippen LogP contribution in [0.1, 0.15) is 98.1 Å². The van der Waals surface area contributed by atoms with Crippen molar-refractivity contribution in [2.75, 3.05) is 13.2 Å². The van der Waals surface area contributed by atoms with Crippen LogP contribution < -0.4 is 0 Å². The normalized spacial score (nSPS) is 18.9. The van der Waals surface area contributed by atoms with Gasteiger partial charge < -0.3 is 14.2 Å². The van der Waals surface area contributed by atoms with E-state index in [1.807, 2.05) is 13.8 Å². The van der Waals surface area contributed by atoms with Crippen LogP contribution in [0, 0.1) is 0 Å². The van der Waals surface area contributed by atoms with E-state index in [-0.39, 0.29) is 17.3 Å². The van der Waals surface area contributed by atoms with E-state index in [1.165, 1.54) is 24.0 Å². The molecular weight excluding hydrogens is 348 g/mol. The van der Waals surface area contributed by atoms with Gasteiger partial charge in [-0.2, -0.15) is 0 Å². The van der Waals surface area contributed by atoms with Crippen molar-refractivity contribution in [1.29, 1.82) is 0 Å². The van der Waals surface area contributed by atoms with Gasteiger partial charge in [0.05, 0.1) is 30.5 Å². The van der Waals surface area contributed by atoms with Gasteiger partial charge in [-0.05, 0) is 70.4 Å². The Morgan fingerprint density at radius 3 is 2.21 bits per heavy atom. The maximum Gasteiger partial charge on any atom is 0.0888 e. The SMILES string of the molecule is CC.CCC(C)c1ccc(COC(C)(C)COC(C)(C)C2CCCCO2)cc1. The first-order valence-corrected chi connectivity index (χ1v) is 11.2. The van der Waals surface area contributed by atoms with Crippen molar-refractivity contribution in [1.82, 2.24) is 0 Å². The Morgan fingerprint density at radius 2 is 1.68 bits per heavy atom. The molecule has 28 heavy (non-hydrogen) atoms. The van der Waals surface area contributed by atoms with Gasteiger partial charge in [0.25, 0.3) is 0 Å². The molecule has 1 heterocycles. The average Bonchev–Trinajstić information content (AvgIpc) is 2.73. The molecule has 3 heteroatoms. The van der Waals surface area contributed by atoms with E-state index in [0.29, 0.717) is 19.1 Å². The molecule has 2 unspecified atom stereocenters. The van der Waals surface area contributed by atoms with E-state index >= 15 is 0 Å². The van der Waals surface area contributed by atoms with Crippen LogP contribution in [0.2, 0.25) is 0 Å². The summed E-state index contributed by atoms with van der Waals surface area (Å²) >= 11 is 0. The highest BCUT2D eigenvalue weighted by atomic mass is 16.6. The lowest BCUT2D eigenvalue weighted by Crippen LogP contribution is -2.46. The summed E-state index contributed by atoms with van der Waals surface area (Å²) in [6.45, 7) is 19.0. The fraction of sp³-hybridized carbons (Fsp3) is 0.760. The molecule has 2 atom stereocenters. The predicted octanol–water partition coefficient (Wildman–Crippen LogP) is 6.89. The highest BCUT2D eigenvalue weighted by Crippen LogP contribution is 2.28. The van der Waals surface area contributed by atoms with Crippen LogP contribution in [0.15, 0.2) is 24.3 Å². The molecule has 0 radical (unpaired) electrons. The Bertz CT molecular complexity index is 527. The van der Waals surface area contributed by atoms with Gasteiger partial charge in [0.2, 0.25) is 0 Å². The van der Waals surface area contributed by atoms with Gasteiger partial charge in [-0.3, -0.25) is 0 Å². The summed E-state index contributed by atoms with van der Waals surface area (Å²) in [5.41, 5.74) is 1.99. The van der Waals surface area contributed by atoms with E-state index in [9.17, 15) is 0 Å². The summed E-state index contributed by atoms with van der Waals surface area (Å²) in [6, 6.07) is 8.80. The van der Waals surface area contributed by atoms with E-state index < -0.39 is 0 Å². The maximum atomic E-state index is 6.24. The highest BCUT2D eigenvalue weighted by Gasteiger charge is 2.34. The molecule has 0 aliphatic carbocycles. The first-order chi connectivity index (χ1) is 13.2. The predicted molar refractivity (Wildman–Crippen MR) is 119 cm³/mol. The molecule has 0 bridgehead atoms. The summed E-state index contributed by atoms with van der Waals surface area (Å²) in [7, 11) is 0. The Hall–Kier alpha value is -0.900. The standard InChI is InChI=1S/C23H38O3.C2H6/c1-7-18(2)20-13-11-19(12-14-20)16-25-22(3,4)17-26-23(5,6)21-10-8-9-15-24-21;1-2/h11-14,18,21H,7-10,15-17H2,1-6H3;1-2H3. The molecule has 1 aliphatic heterocycles. The fourth-order valence-corrected chi connectivity index (χ4v) is 3.24. The summed E-state index contributed by atoms with van der Waals surface area (Å²) in [5.74, 6) is 0.610. The molecule has 1 aliphatic rings. The molecule has 1 saturated heterocycles. The topological polar surface area (TPSA) is 27.7 Å². The van der Waals surface area contributed by atoms with Crippen LogP contribution in [0.5, 0.6) is 0 Å². The van der Waals surface area contributed by atoms with Gasteiger partial charge in [-0.1, -0.05) is 52.0 Å². The van der Waals surface area contributed by atoms with Crippen molar-refractivity contribution in [2.24, 2.45) is 0 Å². The van der Waals surface area contributed by atoms with Crippen molar-refractivity contribution in [3.05, 3.63) is 35.4 Å². The van der Waals surface area contributed by atoms with Gasteiger partial charge in [0.1, 0.15) is 0 Å². The first-order valence-electron chi connectivity index (χ1n) is 11.2. The van der Waals surface area contributed by atoms with Crippen LogP contribution in [-0.2, 0) is 20.8 Å². The van der Waals surface area contributed by atoms with Gasteiger partial charge >= 0.3 is 0 Å². The number of ether oxygens (including phenoxy) is 3. The number of rotatable bonds is 9. The molecular formula is C25H44O3. The fourth-order valence-electron chi connectivity index (χ4n) is 3.24. The Morgan fingerprint density at radius 1 is 1.04 bits per heavy atom. The average molecular weight is 393 g/mol. The van der Waals surface area contributed by atoms with Gasteiger partial charge in [-0.15, -0.1) is 0 Å². The minimum Gasteiger partial charge on any atom is -0.375 e. The first kappa shape index (κ1) is 25.1. The summed E-state index contributed by atoms with van der Waals surface area (Å²) < 4.78 is 18.3. The smallest absolute Gasteiger partial charge is 0.0888 e. The van der Waals surface area contributed by atoms with Crippen LogP contribution in [0.4, 0.5) is 0 Å². The second-order valence-electron chi connectivity index (χ2n) is 8.85. The van der Waals surface area contributed by atoms with Gasteiger partial charge in [0.15, 0.2) is 0 Å². The van der Waals surface area contributed by atoms with Crippen molar-refractivity contribution < 1.29 is 14.2 Å². The molecule has 3 nitrogen and oxygen atoms in total. The molecule has 0 amide bonds. The number of hydrogen-bond acceptors (Lipinski definition) is 3. The quantitative estimate of drug-likeness (QED) is 0.458. The van der Waals surface area contributed by atoms with Crippen molar-refractivity contribution in [3.63, 3.8) is 0 Å². The second-order valence-corrected chi connectivity index (χ2v) is 8.85. The Balaban J connectivity index is 0.00000190.